The second-order valence-corrected chi connectivity index (χ2v) is 8.11. The summed E-state index contributed by atoms with van der Waals surface area (Å²) in [6, 6.07) is 9.72. The van der Waals surface area contributed by atoms with Gasteiger partial charge in [-0.15, -0.1) is 0 Å². The van der Waals surface area contributed by atoms with Gasteiger partial charge in [0, 0.05) is 22.5 Å². The molecule has 0 aromatic heterocycles. The second kappa shape index (κ2) is 8.62. The molecule has 3 rings (SSSR count). The highest BCUT2D eigenvalue weighted by atomic mass is 35.5. The molecule has 1 saturated heterocycles. The Bertz CT molecular complexity index is 979. The molecule has 0 radical (unpaired) electrons. The van der Waals surface area contributed by atoms with Crippen molar-refractivity contribution in [1.29, 1.82) is 0 Å². The summed E-state index contributed by atoms with van der Waals surface area (Å²) in [5.41, 5.74) is -0.240. The van der Waals surface area contributed by atoms with Gasteiger partial charge in [0.25, 0.3) is 5.91 Å². The average molecular weight is 452 g/mol. The normalized spacial score (nSPS) is 19.6. The maximum Gasteiger partial charge on any atom is 0.325 e. The van der Waals surface area contributed by atoms with Crippen molar-refractivity contribution in [3.05, 3.63) is 69.5 Å². The highest BCUT2D eigenvalue weighted by molar-refractivity contribution is 6.36. The van der Waals surface area contributed by atoms with Crippen LogP contribution in [0.25, 0.3) is 0 Å². The Morgan fingerprint density at radius 3 is 2.37 bits per heavy atom. The fraction of sp³-hybridized carbons (Fsp3) is 0.286. The predicted molar refractivity (Wildman–Crippen MR) is 112 cm³/mol. The van der Waals surface area contributed by atoms with Crippen molar-refractivity contribution in [1.82, 2.24) is 15.5 Å². The zero-order valence-corrected chi connectivity index (χ0v) is 17.9. The lowest BCUT2D eigenvalue weighted by molar-refractivity contribution is -0.134. The first-order valence-corrected chi connectivity index (χ1v) is 10.00. The lowest BCUT2D eigenvalue weighted by atomic mass is 9.92. The van der Waals surface area contributed by atoms with E-state index in [0.717, 1.165) is 4.90 Å². The molecule has 0 aliphatic carbocycles. The number of carbonyl (C=O) groups is 3. The number of benzene rings is 2. The van der Waals surface area contributed by atoms with Gasteiger partial charge in [-0.2, -0.15) is 0 Å². The van der Waals surface area contributed by atoms with Gasteiger partial charge in [-0.3, -0.25) is 14.5 Å². The van der Waals surface area contributed by atoms with Crippen LogP contribution in [0, 0.1) is 5.82 Å². The number of hydrogen-bond acceptors (Lipinski definition) is 3. The first kappa shape index (κ1) is 22.1. The summed E-state index contributed by atoms with van der Waals surface area (Å²) >= 11 is 12.4. The van der Waals surface area contributed by atoms with Crippen LogP contribution in [-0.4, -0.2) is 35.8 Å². The first-order chi connectivity index (χ1) is 14.1. The highest BCUT2D eigenvalue weighted by Crippen LogP contribution is 2.31. The van der Waals surface area contributed by atoms with E-state index in [2.05, 4.69) is 10.6 Å². The third-order valence-electron chi connectivity index (χ3n) is 5.10. The van der Waals surface area contributed by atoms with E-state index in [-0.39, 0.29) is 12.5 Å². The van der Waals surface area contributed by atoms with E-state index >= 15 is 0 Å². The van der Waals surface area contributed by atoms with E-state index in [1.807, 2.05) is 6.92 Å². The number of urea groups is 1. The number of nitrogens with one attached hydrogen (secondary N) is 2. The molecule has 1 aliphatic heterocycles. The van der Waals surface area contributed by atoms with Gasteiger partial charge in [0.15, 0.2) is 0 Å². The monoisotopic (exact) mass is 451 g/mol. The SMILES string of the molecule is CC(CNC(=O)CN1C(=O)NC(C)(c2ccc(F)cc2)C1=O)c1c(Cl)cccc1Cl. The molecule has 6 nitrogen and oxygen atoms in total. The van der Waals surface area contributed by atoms with Gasteiger partial charge in [0.05, 0.1) is 0 Å². The van der Waals surface area contributed by atoms with Gasteiger partial charge in [-0.05, 0) is 42.3 Å². The van der Waals surface area contributed by atoms with Gasteiger partial charge in [0.2, 0.25) is 5.91 Å². The third-order valence-corrected chi connectivity index (χ3v) is 5.76. The molecule has 2 unspecified atom stereocenters. The van der Waals surface area contributed by atoms with Gasteiger partial charge in [-0.25, -0.2) is 9.18 Å². The molecule has 2 aromatic carbocycles. The quantitative estimate of drug-likeness (QED) is 0.655. The summed E-state index contributed by atoms with van der Waals surface area (Å²) in [7, 11) is 0. The van der Waals surface area contributed by atoms with Crippen LogP contribution in [0.3, 0.4) is 0 Å². The van der Waals surface area contributed by atoms with Crippen molar-refractivity contribution < 1.29 is 18.8 Å². The first-order valence-electron chi connectivity index (χ1n) is 9.24. The molecule has 30 heavy (non-hydrogen) atoms. The van der Waals surface area contributed by atoms with Crippen LogP contribution in [-0.2, 0) is 15.1 Å². The number of imide groups is 1. The van der Waals surface area contributed by atoms with E-state index in [0.29, 0.717) is 21.2 Å². The molecule has 1 aliphatic rings. The summed E-state index contributed by atoms with van der Waals surface area (Å²) in [5.74, 6) is -1.72. The summed E-state index contributed by atoms with van der Waals surface area (Å²) < 4.78 is 13.2. The van der Waals surface area contributed by atoms with Crippen LogP contribution in [0.1, 0.15) is 30.9 Å². The summed E-state index contributed by atoms with van der Waals surface area (Å²) in [6.07, 6.45) is 0. The molecule has 4 amide bonds. The number of rotatable bonds is 6. The smallest absolute Gasteiger partial charge is 0.325 e. The zero-order chi connectivity index (χ0) is 22.1. The Labute approximate surface area is 183 Å². The maximum absolute atomic E-state index is 13.2. The Morgan fingerprint density at radius 2 is 1.77 bits per heavy atom. The van der Waals surface area contributed by atoms with Gasteiger partial charge < -0.3 is 10.6 Å². The molecule has 0 saturated carbocycles. The molecule has 0 bridgehead atoms. The number of nitrogens with zero attached hydrogens (tertiary/aromatic N) is 1. The summed E-state index contributed by atoms with van der Waals surface area (Å²) in [6.45, 7) is 3.15. The van der Waals surface area contributed by atoms with E-state index in [1.165, 1.54) is 31.2 Å². The van der Waals surface area contributed by atoms with Crippen LogP contribution >= 0.6 is 23.2 Å². The largest absolute Gasteiger partial charge is 0.354 e. The van der Waals surface area contributed by atoms with Gasteiger partial charge in [-0.1, -0.05) is 48.3 Å². The molecule has 2 N–H and O–H groups in total. The number of amides is 4. The van der Waals surface area contributed by atoms with Gasteiger partial charge in [0.1, 0.15) is 17.9 Å². The van der Waals surface area contributed by atoms with Crippen LogP contribution in [0.4, 0.5) is 9.18 Å². The Hall–Kier alpha value is -2.64. The topological polar surface area (TPSA) is 78.5 Å². The zero-order valence-electron chi connectivity index (χ0n) is 16.3. The third kappa shape index (κ3) is 4.27. The average Bonchev–Trinajstić information content (AvgIpc) is 2.90. The minimum atomic E-state index is -1.37. The van der Waals surface area contributed by atoms with Crippen molar-refractivity contribution in [2.75, 3.05) is 13.1 Å². The molecule has 1 heterocycles. The molecular weight excluding hydrogens is 432 g/mol. The molecule has 9 heteroatoms. The van der Waals surface area contributed by atoms with Crippen molar-refractivity contribution in [3.63, 3.8) is 0 Å². The Balaban J connectivity index is 1.64. The molecule has 1 fully saturated rings. The molecule has 158 valence electrons. The highest BCUT2D eigenvalue weighted by Gasteiger charge is 2.49. The Kier molecular flexibility index (Phi) is 6.33. The lowest BCUT2D eigenvalue weighted by Crippen LogP contribution is -2.43. The minimum Gasteiger partial charge on any atom is -0.354 e. The fourth-order valence-corrected chi connectivity index (χ4v) is 4.14. The number of halogens is 3. The number of hydrogen-bond donors (Lipinski definition) is 2. The van der Waals surface area contributed by atoms with Crippen LogP contribution in [0.2, 0.25) is 10.0 Å². The van der Waals surface area contributed by atoms with E-state index < -0.39 is 35.7 Å². The second-order valence-electron chi connectivity index (χ2n) is 7.29. The summed E-state index contributed by atoms with van der Waals surface area (Å²) in [4.78, 5) is 38.4. The summed E-state index contributed by atoms with van der Waals surface area (Å²) in [5, 5.41) is 6.26. The van der Waals surface area contributed by atoms with Crippen molar-refractivity contribution in [2.24, 2.45) is 0 Å². The fourth-order valence-electron chi connectivity index (χ4n) is 3.37. The van der Waals surface area contributed by atoms with E-state index in [9.17, 15) is 18.8 Å². The Morgan fingerprint density at radius 1 is 1.17 bits per heavy atom. The van der Waals surface area contributed by atoms with E-state index in [4.69, 9.17) is 23.2 Å². The predicted octanol–water partition coefficient (Wildman–Crippen LogP) is 3.82. The standard InChI is InChI=1S/C21H20Cl2FN3O3/c1-12(18-15(22)4-3-5-16(18)23)10-25-17(28)11-27-19(29)21(2,26-20(27)30)13-6-8-14(24)9-7-13/h3-9,12H,10-11H2,1-2H3,(H,25,28)(H,26,30). The van der Waals surface area contributed by atoms with Gasteiger partial charge >= 0.3 is 6.03 Å². The maximum atomic E-state index is 13.2. The minimum absolute atomic E-state index is 0.178. The number of carbonyl (C=O) groups excluding carboxylic acids is 3. The van der Waals surface area contributed by atoms with Crippen LogP contribution < -0.4 is 10.6 Å². The lowest BCUT2D eigenvalue weighted by Gasteiger charge is -2.22. The molecular formula is C21H20Cl2FN3O3. The van der Waals surface area contributed by atoms with Crippen LogP contribution in [0.15, 0.2) is 42.5 Å². The van der Waals surface area contributed by atoms with E-state index in [1.54, 1.807) is 18.2 Å². The molecule has 2 aromatic rings. The van der Waals surface area contributed by atoms with Crippen LogP contribution in [0.5, 0.6) is 0 Å². The van der Waals surface area contributed by atoms with Crippen molar-refractivity contribution >= 4 is 41.0 Å². The van der Waals surface area contributed by atoms with Crippen molar-refractivity contribution in [3.8, 4) is 0 Å². The molecule has 0 spiro atoms. The van der Waals surface area contributed by atoms with Crippen molar-refractivity contribution in [2.45, 2.75) is 25.3 Å². The molecule has 2 atom stereocenters.